The Labute approximate surface area is 153 Å². The number of aromatic nitrogens is 3. The molecule has 1 aliphatic carbocycles. The van der Waals surface area contributed by atoms with Gasteiger partial charge in [0.2, 0.25) is 5.89 Å². The van der Waals surface area contributed by atoms with Gasteiger partial charge in [0.1, 0.15) is 22.4 Å². The van der Waals surface area contributed by atoms with Crippen LogP contribution in [-0.2, 0) is 18.6 Å². The number of hydrogen-bond acceptors (Lipinski definition) is 6. The highest BCUT2D eigenvalue weighted by Gasteiger charge is 2.21. The monoisotopic (exact) mass is 365 g/mol. The van der Waals surface area contributed by atoms with Gasteiger partial charge in [0.15, 0.2) is 0 Å². The Balaban J connectivity index is 1.40. The number of rotatable bonds is 4. The first-order chi connectivity index (χ1) is 12.4. The maximum Gasteiger partial charge on any atom is 0.226 e. The van der Waals surface area contributed by atoms with Crippen LogP contribution in [-0.4, -0.2) is 15.0 Å². The van der Waals surface area contributed by atoms with E-state index in [1.165, 1.54) is 28.7 Å². The fraction of sp³-hybridized carbons (Fsp3) is 0.211. The number of benzene rings is 1. The molecule has 0 saturated carbocycles. The van der Waals surface area contributed by atoms with Gasteiger partial charge in [-0.05, 0) is 37.0 Å². The Kier molecular flexibility index (Phi) is 3.79. The lowest BCUT2D eigenvalue weighted by Gasteiger charge is -2.02. The number of oxazole rings is 1. The van der Waals surface area contributed by atoms with Crippen molar-refractivity contribution in [2.75, 3.05) is 0 Å². The molecule has 3 aromatic heterocycles. The molecule has 1 aromatic carbocycles. The smallest absolute Gasteiger partial charge is 0.226 e. The molecule has 1 aliphatic rings. The molecular weight excluding hydrogens is 350 g/mol. The average Bonchev–Trinajstić information content (AvgIpc) is 3.36. The van der Waals surface area contributed by atoms with Crippen LogP contribution in [0.3, 0.4) is 0 Å². The van der Waals surface area contributed by atoms with Crippen molar-refractivity contribution in [1.29, 1.82) is 0 Å². The zero-order valence-electron chi connectivity index (χ0n) is 13.4. The third-order valence-electron chi connectivity index (χ3n) is 4.40. The van der Waals surface area contributed by atoms with Crippen molar-refractivity contribution in [2.24, 2.45) is 0 Å². The van der Waals surface area contributed by atoms with Gasteiger partial charge in [0, 0.05) is 21.6 Å². The lowest BCUT2D eigenvalue weighted by molar-refractivity contribution is 0.573. The Morgan fingerprint density at radius 1 is 1.12 bits per heavy atom. The van der Waals surface area contributed by atoms with Crippen LogP contribution in [0.1, 0.15) is 22.6 Å². The van der Waals surface area contributed by atoms with E-state index in [0.29, 0.717) is 5.89 Å². The fourth-order valence-corrected chi connectivity index (χ4v) is 5.43. The van der Waals surface area contributed by atoms with Gasteiger partial charge in [-0.25, -0.2) is 15.0 Å². The molecule has 4 aromatic rings. The topological polar surface area (TPSA) is 51.8 Å². The van der Waals surface area contributed by atoms with Crippen LogP contribution in [0.2, 0.25) is 0 Å². The van der Waals surface area contributed by atoms with E-state index in [9.17, 15) is 0 Å². The first kappa shape index (κ1) is 15.1. The van der Waals surface area contributed by atoms with Gasteiger partial charge in [0.05, 0.1) is 5.69 Å². The number of aryl methyl sites for hydroxylation is 2. The SMILES string of the molecule is c1ccc(-c2nc(CSc3ncnc4sc5c(c34)CCC5)co2)cc1. The Morgan fingerprint density at radius 2 is 2.04 bits per heavy atom. The van der Waals surface area contributed by atoms with Crippen LogP contribution in [0, 0.1) is 0 Å². The molecule has 0 radical (unpaired) electrons. The second-order valence-electron chi connectivity index (χ2n) is 6.02. The molecule has 0 atom stereocenters. The summed E-state index contributed by atoms with van der Waals surface area (Å²) in [5, 5.41) is 2.32. The summed E-state index contributed by atoms with van der Waals surface area (Å²) in [7, 11) is 0. The van der Waals surface area contributed by atoms with Crippen LogP contribution in [0.5, 0.6) is 0 Å². The predicted octanol–water partition coefficient (Wildman–Crippen LogP) is 5.13. The lowest BCUT2D eigenvalue weighted by Crippen LogP contribution is -1.88. The number of nitrogens with zero attached hydrogens (tertiary/aromatic N) is 3. The van der Waals surface area contributed by atoms with Crippen molar-refractivity contribution < 1.29 is 4.42 Å². The van der Waals surface area contributed by atoms with E-state index < -0.39 is 0 Å². The molecule has 5 rings (SSSR count). The Bertz CT molecular complexity index is 1040. The third kappa shape index (κ3) is 2.75. The molecule has 0 amide bonds. The minimum Gasteiger partial charge on any atom is -0.444 e. The van der Waals surface area contributed by atoms with Crippen molar-refractivity contribution in [3.63, 3.8) is 0 Å². The molecule has 0 fully saturated rings. The minimum absolute atomic E-state index is 0.667. The van der Waals surface area contributed by atoms with Crippen LogP contribution < -0.4 is 0 Å². The normalized spacial score (nSPS) is 13.4. The molecule has 124 valence electrons. The zero-order valence-corrected chi connectivity index (χ0v) is 15.1. The van der Waals surface area contributed by atoms with E-state index in [1.807, 2.05) is 41.7 Å². The largest absolute Gasteiger partial charge is 0.444 e. The summed E-state index contributed by atoms with van der Waals surface area (Å²) in [6, 6.07) is 9.98. The summed E-state index contributed by atoms with van der Waals surface area (Å²) in [5.41, 5.74) is 3.40. The number of thiophene rings is 1. The molecule has 4 nitrogen and oxygen atoms in total. The van der Waals surface area contributed by atoms with Gasteiger partial charge in [0.25, 0.3) is 0 Å². The van der Waals surface area contributed by atoms with Gasteiger partial charge in [-0.1, -0.05) is 30.0 Å². The first-order valence-electron chi connectivity index (χ1n) is 8.26. The highest BCUT2D eigenvalue weighted by Crippen LogP contribution is 2.40. The van der Waals surface area contributed by atoms with Crippen molar-refractivity contribution >= 4 is 33.3 Å². The number of thioether (sulfide) groups is 1. The number of hydrogen-bond donors (Lipinski definition) is 0. The van der Waals surface area contributed by atoms with E-state index >= 15 is 0 Å². The summed E-state index contributed by atoms with van der Waals surface area (Å²) in [4.78, 5) is 16.2. The molecule has 6 heteroatoms. The van der Waals surface area contributed by atoms with Crippen LogP contribution in [0.25, 0.3) is 21.7 Å². The second kappa shape index (κ2) is 6.28. The quantitative estimate of drug-likeness (QED) is 0.371. The molecule has 0 bridgehead atoms. The fourth-order valence-electron chi connectivity index (χ4n) is 3.24. The van der Waals surface area contributed by atoms with Crippen LogP contribution in [0.15, 0.2) is 52.4 Å². The van der Waals surface area contributed by atoms with E-state index in [0.717, 1.165) is 33.3 Å². The summed E-state index contributed by atoms with van der Waals surface area (Å²) >= 11 is 3.54. The zero-order chi connectivity index (χ0) is 16.6. The highest BCUT2D eigenvalue weighted by molar-refractivity contribution is 7.98. The molecule has 0 saturated heterocycles. The molecule has 0 N–H and O–H groups in total. The Hall–Kier alpha value is -2.18. The molecule has 0 spiro atoms. The summed E-state index contributed by atoms with van der Waals surface area (Å²) in [6.07, 6.45) is 7.00. The van der Waals surface area contributed by atoms with E-state index in [2.05, 4.69) is 15.0 Å². The third-order valence-corrected chi connectivity index (χ3v) is 6.62. The van der Waals surface area contributed by atoms with Crippen LogP contribution in [0.4, 0.5) is 0 Å². The Morgan fingerprint density at radius 3 is 2.96 bits per heavy atom. The van der Waals surface area contributed by atoms with Crippen molar-refractivity contribution in [3.8, 4) is 11.5 Å². The first-order valence-corrected chi connectivity index (χ1v) is 10.1. The molecule has 3 heterocycles. The van der Waals surface area contributed by atoms with Crippen molar-refractivity contribution in [2.45, 2.75) is 30.0 Å². The van der Waals surface area contributed by atoms with Crippen molar-refractivity contribution in [1.82, 2.24) is 15.0 Å². The summed E-state index contributed by atoms with van der Waals surface area (Å²) in [6.45, 7) is 0. The van der Waals surface area contributed by atoms with Gasteiger partial charge >= 0.3 is 0 Å². The van der Waals surface area contributed by atoms with Gasteiger partial charge in [-0.3, -0.25) is 0 Å². The lowest BCUT2D eigenvalue weighted by atomic mass is 10.2. The highest BCUT2D eigenvalue weighted by atomic mass is 32.2. The maximum absolute atomic E-state index is 5.63. The van der Waals surface area contributed by atoms with Crippen molar-refractivity contribution in [3.05, 3.63) is 59.1 Å². The molecule has 0 aliphatic heterocycles. The standard InChI is InChI=1S/C19H15N3OS2/c1-2-5-12(6-3-1)17-22-13(9-23-17)10-24-18-16-14-7-4-8-15(14)25-19(16)21-11-20-18/h1-3,5-6,9,11H,4,7-8,10H2. The predicted molar refractivity (Wildman–Crippen MR) is 101 cm³/mol. The molecule has 0 unspecified atom stereocenters. The van der Waals surface area contributed by atoms with E-state index in [4.69, 9.17) is 4.42 Å². The van der Waals surface area contributed by atoms with Gasteiger partial charge in [-0.15, -0.1) is 11.3 Å². The van der Waals surface area contributed by atoms with Gasteiger partial charge < -0.3 is 4.42 Å². The second-order valence-corrected chi connectivity index (χ2v) is 8.06. The van der Waals surface area contributed by atoms with E-state index in [-0.39, 0.29) is 0 Å². The molecule has 25 heavy (non-hydrogen) atoms. The minimum atomic E-state index is 0.667. The van der Waals surface area contributed by atoms with E-state index in [1.54, 1.807) is 24.4 Å². The molecular formula is C19H15N3OS2. The summed E-state index contributed by atoms with van der Waals surface area (Å²) < 4.78 is 5.63. The summed E-state index contributed by atoms with van der Waals surface area (Å²) in [5.74, 6) is 1.41. The average molecular weight is 365 g/mol. The number of fused-ring (bicyclic) bond motifs is 3. The van der Waals surface area contributed by atoms with Crippen LogP contribution >= 0.6 is 23.1 Å². The van der Waals surface area contributed by atoms with Gasteiger partial charge in [-0.2, -0.15) is 0 Å². The maximum atomic E-state index is 5.63.